The number of amides is 2. The summed E-state index contributed by atoms with van der Waals surface area (Å²) in [7, 11) is 0. The van der Waals surface area contributed by atoms with Crippen molar-refractivity contribution in [3.63, 3.8) is 0 Å². The largest absolute Gasteiger partial charge is 0.449 e. The van der Waals surface area contributed by atoms with Gasteiger partial charge >= 0.3 is 6.09 Å². The number of fused-ring (bicyclic) bond motifs is 10. The number of anilines is 3. The highest BCUT2D eigenvalue weighted by atomic mass is 32.1. The van der Waals surface area contributed by atoms with Crippen LogP contribution in [-0.4, -0.2) is 23.6 Å². The summed E-state index contributed by atoms with van der Waals surface area (Å²) in [6, 6.07) is 19.9. The van der Waals surface area contributed by atoms with Crippen LogP contribution in [0.25, 0.3) is 10.8 Å². The van der Waals surface area contributed by atoms with Crippen molar-refractivity contribution < 1.29 is 14.3 Å². The van der Waals surface area contributed by atoms with Gasteiger partial charge in [0.25, 0.3) is 0 Å². The number of hydrogen-bond donors (Lipinski definition) is 5. The van der Waals surface area contributed by atoms with E-state index >= 15 is 0 Å². The fourth-order valence-corrected chi connectivity index (χ4v) is 4.36. The fourth-order valence-electron chi connectivity index (χ4n) is 4.14. The lowest BCUT2D eigenvalue weighted by molar-refractivity contribution is -0.122. The Hall–Kier alpha value is -4.24. The van der Waals surface area contributed by atoms with Crippen molar-refractivity contribution in [2.24, 2.45) is 0 Å². The Labute approximate surface area is 213 Å². The minimum Gasteiger partial charge on any atom is -0.449 e. The second-order valence-electron chi connectivity index (χ2n) is 8.52. The van der Waals surface area contributed by atoms with Crippen LogP contribution >= 0.6 is 12.6 Å². The summed E-state index contributed by atoms with van der Waals surface area (Å²) in [6.45, 7) is 0.471. The van der Waals surface area contributed by atoms with Crippen molar-refractivity contribution in [1.82, 2.24) is 10.3 Å². The van der Waals surface area contributed by atoms with Crippen LogP contribution in [0.1, 0.15) is 22.7 Å². The summed E-state index contributed by atoms with van der Waals surface area (Å²) in [5.74, 6) is 0.261. The van der Waals surface area contributed by atoms with E-state index in [2.05, 4.69) is 33.6 Å². The van der Waals surface area contributed by atoms with E-state index in [0.29, 0.717) is 22.8 Å². The van der Waals surface area contributed by atoms with Gasteiger partial charge in [-0.05, 0) is 64.5 Å². The molecule has 2 amide bonds. The number of thiol groups is 1. The van der Waals surface area contributed by atoms with Gasteiger partial charge in [-0.25, -0.2) is 9.78 Å². The van der Waals surface area contributed by atoms with Gasteiger partial charge in [0.15, 0.2) is 0 Å². The maximum absolute atomic E-state index is 13.5. The van der Waals surface area contributed by atoms with Crippen molar-refractivity contribution in [3.8, 4) is 0 Å². The number of carbonyl (C=O) groups is 2. The molecule has 3 heterocycles. The fraction of sp³-hybridized carbons (Fsp3) is 0.148. The maximum Gasteiger partial charge on any atom is 0.411 e. The molecule has 1 atom stereocenters. The molecule has 2 aliphatic rings. The van der Waals surface area contributed by atoms with Crippen molar-refractivity contribution in [2.75, 3.05) is 23.0 Å². The van der Waals surface area contributed by atoms with Gasteiger partial charge < -0.3 is 21.1 Å². The molecule has 182 valence electrons. The van der Waals surface area contributed by atoms with E-state index in [1.807, 2.05) is 48.5 Å². The first-order valence-electron chi connectivity index (χ1n) is 11.5. The summed E-state index contributed by atoms with van der Waals surface area (Å²) in [6.07, 6.45) is 1.69. The number of aromatic nitrogens is 1. The summed E-state index contributed by atoms with van der Waals surface area (Å²) in [4.78, 5) is 30.4. The number of nitrogens with two attached hydrogens (primary N) is 1. The van der Waals surface area contributed by atoms with Gasteiger partial charge in [0.2, 0.25) is 5.91 Å². The van der Waals surface area contributed by atoms with Crippen LogP contribution < -0.4 is 21.7 Å². The van der Waals surface area contributed by atoms with Gasteiger partial charge in [-0.15, -0.1) is 12.6 Å². The van der Waals surface area contributed by atoms with E-state index < -0.39 is 12.1 Å². The molecule has 36 heavy (non-hydrogen) atoms. The molecule has 3 aromatic carbocycles. The highest BCUT2D eigenvalue weighted by Gasteiger charge is 2.21. The first-order valence-corrected chi connectivity index (χ1v) is 11.9. The normalized spacial score (nSPS) is 16.2. The Morgan fingerprint density at radius 3 is 2.69 bits per heavy atom. The van der Waals surface area contributed by atoms with E-state index in [4.69, 9.17) is 10.5 Å². The Morgan fingerprint density at radius 1 is 1.03 bits per heavy atom. The Morgan fingerprint density at radius 2 is 1.86 bits per heavy atom. The smallest absolute Gasteiger partial charge is 0.411 e. The lowest BCUT2D eigenvalue weighted by atomic mass is 10.0. The molecule has 1 unspecified atom stereocenters. The SMILES string of the molecule is Nc1nccc2cc(NC3C(=O)NCc4cc(ccc4S)NC(=O)OCCc4ccc3cc4)ccc12. The first-order chi connectivity index (χ1) is 17.5. The van der Waals surface area contributed by atoms with Crippen LogP contribution in [0, 0.1) is 0 Å². The molecule has 8 nitrogen and oxygen atoms in total. The average Bonchev–Trinajstić information content (AvgIpc) is 2.87. The van der Waals surface area contributed by atoms with Crippen molar-refractivity contribution in [2.45, 2.75) is 23.9 Å². The predicted octanol–water partition coefficient (Wildman–Crippen LogP) is 4.68. The number of hydrogen-bond acceptors (Lipinski definition) is 7. The molecular formula is C27H25N5O3S. The first kappa shape index (κ1) is 23.5. The molecule has 0 saturated heterocycles. The molecule has 4 bridgehead atoms. The van der Waals surface area contributed by atoms with Gasteiger partial charge in [0.1, 0.15) is 11.9 Å². The minimum atomic E-state index is -0.647. The average molecular weight is 500 g/mol. The number of benzene rings is 3. The molecule has 6 rings (SSSR count). The topological polar surface area (TPSA) is 118 Å². The number of ether oxygens (including phenoxy) is 1. The lowest BCUT2D eigenvalue weighted by Gasteiger charge is -2.21. The number of carbonyl (C=O) groups excluding carboxylic acids is 2. The number of nitrogen functional groups attached to an aromatic ring is 1. The Kier molecular flexibility index (Phi) is 6.64. The minimum absolute atomic E-state index is 0.199. The molecular weight excluding hydrogens is 474 g/mol. The van der Waals surface area contributed by atoms with E-state index in [1.165, 1.54) is 0 Å². The zero-order chi connectivity index (χ0) is 25.1. The summed E-state index contributed by atoms with van der Waals surface area (Å²) in [5.41, 5.74) is 9.89. The molecule has 4 aromatic rings. The van der Waals surface area contributed by atoms with Crippen LogP contribution in [0.3, 0.4) is 0 Å². The molecule has 5 N–H and O–H groups in total. The highest BCUT2D eigenvalue weighted by molar-refractivity contribution is 7.80. The molecule has 0 aliphatic carbocycles. The van der Waals surface area contributed by atoms with Crippen LogP contribution in [0.5, 0.6) is 0 Å². The zero-order valence-corrected chi connectivity index (χ0v) is 20.2. The summed E-state index contributed by atoms with van der Waals surface area (Å²) >= 11 is 4.51. The monoisotopic (exact) mass is 499 g/mol. The van der Waals surface area contributed by atoms with Crippen molar-refractivity contribution in [1.29, 1.82) is 0 Å². The van der Waals surface area contributed by atoms with Gasteiger partial charge in [0.05, 0.1) is 6.61 Å². The van der Waals surface area contributed by atoms with Gasteiger partial charge in [-0.2, -0.15) is 0 Å². The standard InChI is InChI=1S/C27H25N5O3S/c28-25-22-7-5-20(13-18(22)9-11-29-25)31-24-17-3-1-16(2-4-17)10-12-35-27(34)32-21-6-8-23(36)19(14-21)15-30-26(24)33/h1-9,11,13-14,24,31,36H,10,12,15H2,(H2,28,29)(H,30,33)(H,32,34). The van der Waals surface area contributed by atoms with E-state index in [-0.39, 0.29) is 19.1 Å². The third kappa shape index (κ3) is 5.21. The third-order valence-electron chi connectivity index (χ3n) is 6.08. The molecule has 2 aliphatic heterocycles. The Balaban J connectivity index is 1.47. The molecule has 9 heteroatoms. The van der Waals surface area contributed by atoms with E-state index in [0.717, 1.165) is 33.2 Å². The van der Waals surface area contributed by atoms with Crippen LogP contribution in [0.2, 0.25) is 0 Å². The number of rotatable bonds is 2. The lowest BCUT2D eigenvalue weighted by Crippen LogP contribution is -2.33. The molecule has 0 fully saturated rings. The van der Waals surface area contributed by atoms with Gasteiger partial charge in [-0.1, -0.05) is 24.3 Å². The van der Waals surface area contributed by atoms with E-state index in [9.17, 15) is 9.59 Å². The molecule has 0 spiro atoms. The maximum atomic E-state index is 13.5. The highest BCUT2D eigenvalue weighted by Crippen LogP contribution is 2.27. The zero-order valence-electron chi connectivity index (χ0n) is 19.3. The molecule has 0 saturated carbocycles. The van der Waals surface area contributed by atoms with Crippen LogP contribution in [0.15, 0.2) is 77.8 Å². The second-order valence-corrected chi connectivity index (χ2v) is 9.01. The molecule has 1 aromatic heterocycles. The second kappa shape index (κ2) is 10.2. The van der Waals surface area contributed by atoms with Crippen molar-refractivity contribution in [3.05, 3.63) is 89.6 Å². The predicted molar refractivity (Wildman–Crippen MR) is 143 cm³/mol. The molecule has 0 radical (unpaired) electrons. The summed E-state index contributed by atoms with van der Waals surface area (Å²) < 4.78 is 5.32. The van der Waals surface area contributed by atoms with Crippen molar-refractivity contribution >= 4 is 52.6 Å². The van der Waals surface area contributed by atoms with E-state index in [1.54, 1.807) is 24.4 Å². The number of pyridine rings is 1. The number of nitrogens with one attached hydrogen (secondary N) is 3. The Bertz CT molecular complexity index is 1440. The van der Waals surface area contributed by atoms with Crippen LogP contribution in [-0.2, 0) is 22.5 Å². The third-order valence-corrected chi connectivity index (χ3v) is 6.52. The quantitative estimate of drug-likeness (QED) is 0.256. The summed E-state index contributed by atoms with van der Waals surface area (Å²) in [5, 5.41) is 10.9. The van der Waals surface area contributed by atoms with Crippen LogP contribution in [0.4, 0.5) is 22.0 Å². The van der Waals surface area contributed by atoms with Gasteiger partial charge in [-0.3, -0.25) is 10.1 Å². The van der Waals surface area contributed by atoms with Gasteiger partial charge in [0, 0.05) is 40.8 Å². The number of nitrogens with zero attached hydrogens (tertiary/aromatic N) is 1.